The summed E-state index contributed by atoms with van der Waals surface area (Å²) in [6, 6.07) is 0. The summed E-state index contributed by atoms with van der Waals surface area (Å²) >= 11 is 0. The van der Waals surface area contributed by atoms with Crippen LogP contribution in [0.15, 0.2) is 0 Å². The summed E-state index contributed by atoms with van der Waals surface area (Å²) in [5, 5.41) is 0. The Morgan fingerprint density at radius 1 is 0.562 bits per heavy atom. The average Bonchev–Trinajstić information content (AvgIpc) is 2.32. The van der Waals surface area contributed by atoms with Crippen LogP contribution in [-0.2, 0) is 0 Å². The molecule has 16 heavy (non-hydrogen) atoms. The third kappa shape index (κ3) is 8.19. The molecule has 0 heteroatoms. The third-order valence-electron chi connectivity index (χ3n) is 4.17. The molecule has 1 atom stereocenters. The van der Waals surface area contributed by atoms with Crippen molar-refractivity contribution in [2.24, 2.45) is 11.8 Å². The first kappa shape index (κ1) is 16.0. The fraction of sp³-hybridized carbons (Fsp3) is 1.00. The van der Waals surface area contributed by atoms with Crippen LogP contribution in [0.25, 0.3) is 0 Å². The largest absolute Gasteiger partial charge is 0.0654 e. The van der Waals surface area contributed by atoms with Gasteiger partial charge in [-0.2, -0.15) is 0 Å². The summed E-state index contributed by atoms with van der Waals surface area (Å²) in [5.74, 6) is 2.01. The predicted octanol–water partition coefficient (Wildman–Crippen LogP) is 6.20. The van der Waals surface area contributed by atoms with E-state index in [4.69, 9.17) is 0 Å². The number of rotatable bonds is 11. The zero-order valence-electron chi connectivity index (χ0n) is 12.2. The van der Waals surface area contributed by atoms with Crippen LogP contribution in [0.4, 0.5) is 0 Å². The lowest BCUT2D eigenvalue weighted by Crippen LogP contribution is -2.02. The van der Waals surface area contributed by atoms with Gasteiger partial charge < -0.3 is 0 Å². The van der Waals surface area contributed by atoms with Crippen LogP contribution in [-0.4, -0.2) is 0 Å². The predicted molar refractivity (Wildman–Crippen MR) is 75.8 cm³/mol. The van der Waals surface area contributed by atoms with Crippen molar-refractivity contribution in [3.05, 3.63) is 0 Å². The fourth-order valence-corrected chi connectivity index (χ4v) is 2.63. The molecule has 0 saturated carbocycles. The van der Waals surface area contributed by atoms with Crippen LogP contribution in [0.5, 0.6) is 0 Å². The average molecular weight is 226 g/mol. The number of hydrogen-bond acceptors (Lipinski definition) is 0. The van der Waals surface area contributed by atoms with Crippen molar-refractivity contribution in [1.29, 1.82) is 0 Å². The fourth-order valence-electron chi connectivity index (χ4n) is 2.63. The van der Waals surface area contributed by atoms with Crippen LogP contribution in [0.3, 0.4) is 0 Å². The molecule has 0 aliphatic carbocycles. The molecular weight excluding hydrogens is 192 g/mol. The lowest BCUT2D eigenvalue weighted by Gasteiger charge is -2.17. The molecule has 0 bridgehead atoms. The summed E-state index contributed by atoms with van der Waals surface area (Å²) in [7, 11) is 0. The van der Waals surface area contributed by atoms with Crippen molar-refractivity contribution < 1.29 is 0 Å². The van der Waals surface area contributed by atoms with Gasteiger partial charge in [0.1, 0.15) is 0 Å². The Labute approximate surface area is 104 Å². The third-order valence-corrected chi connectivity index (χ3v) is 4.17. The summed E-state index contributed by atoms with van der Waals surface area (Å²) in [4.78, 5) is 0. The Bertz CT molecular complexity index is 124. The van der Waals surface area contributed by atoms with Crippen LogP contribution < -0.4 is 0 Å². The zero-order chi connectivity index (χ0) is 12.2. The smallest absolute Gasteiger partial charge is 0.0417 e. The molecule has 0 aromatic rings. The molecule has 0 nitrogen and oxygen atoms in total. The molecule has 98 valence electrons. The van der Waals surface area contributed by atoms with E-state index in [2.05, 4.69) is 27.7 Å². The maximum absolute atomic E-state index is 2.37. The van der Waals surface area contributed by atoms with Crippen molar-refractivity contribution >= 4 is 0 Å². The van der Waals surface area contributed by atoms with Gasteiger partial charge in [-0.3, -0.25) is 0 Å². The van der Waals surface area contributed by atoms with Crippen LogP contribution in [0.2, 0.25) is 0 Å². The number of hydrogen-bond donors (Lipinski definition) is 0. The summed E-state index contributed by atoms with van der Waals surface area (Å²) in [6.45, 7) is 9.35. The highest BCUT2D eigenvalue weighted by Gasteiger charge is 2.08. The van der Waals surface area contributed by atoms with Crippen LogP contribution >= 0.6 is 0 Å². The highest BCUT2D eigenvalue weighted by atomic mass is 14.1. The van der Waals surface area contributed by atoms with E-state index in [1.54, 1.807) is 0 Å². The molecule has 0 rings (SSSR count). The molecule has 0 saturated heterocycles. The van der Waals surface area contributed by atoms with Gasteiger partial charge in [0.15, 0.2) is 0 Å². The van der Waals surface area contributed by atoms with E-state index in [0.29, 0.717) is 0 Å². The second kappa shape index (κ2) is 11.5. The summed E-state index contributed by atoms with van der Waals surface area (Å²) in [6.07, 6.45) is 14.3. The Kier molecular flexibility index (Phi) is 11.5. The SMILES string of the molecule is CCCCCC(CC)CCCC(CC)CC. The minimum absolute atomic E-state index is 0.994. The lowest BCUT2D eigenvalue weighted by molar-refractivity contribution is 0.364. The highest BCUT2D eigenvalue weighted by Crippen LogP contribution is 2.23. The van der Waals surface area contributed by atoms with E-state index in [1.807, 2.05) is 0 Å². The van der Waals surface area contributed by atoms with Gasteiger partial charge in [0.25, 0.3) is 0 Å². The summed E-state index contributed by atoms with van der Waals surface area (Å²) in [5.41, 5.74) is 0. The highest BCUT2D eigenvalue weighted by molar-refractivity contribution is 4.61. The van der Waals surface area contributed by atoms with Gasteiger partial charge in [-0.25, -0.2) is 0 Å². The summed E-state index contributed by atoms with van der Waals surface area (Å²) < 4.78 is 0. The topological polar surface area (TPSA) is 0 Å². The quantitative estimate of drug-likeness (QED) is 0.368. The van der Waals surface area contributed by atoms with Gasteiger partial charge in [-0.1, -0.05) is 91.9 Å². The molecular formula is C16H34. The maximum atomic E-state index is 2.37. The lowest BCUT2D eigenvalue weighted by atomic mass is 9.89. The molecule has 0 spiro atoms. The van der Waals surface area contributed by atoms with E-state index >= 15 is 0 Å². The standard InChI is InChI=1S/C16H34/c1-5-9-10-12-16(8-4)14-11-13-15(6-2)7-3/h15-16H,5-14H2,1-4H3. The molecule has 0 aliphatic rings. The minimum atomic E-state index is 0.994. The number of unbranched alkanes of at least 4 members (excludes halogenated alkanes) is 2. The van der Waals surface area contributed by atoms with Gasteiger partial charge in [-0.15, -0.1) is 0 Å². The van der Waals surface area contributed by atoms with Crippen molar-refractivity contribution in [3.63, 3.8) is 0 Å². The van der Waals surface area contributed by atoms with Crippen molar-refractivity contribution in [2.45, 2.75) is 91.9 Å². The van der Waals surface area contributed by atoms with E-state index in [9.17, 15) is 0 Å². The molecule has 0 fully saturated rings. The second-order valence-corrected chi connectivity index (χ2v) is 5.38. The van der Waals surface area contributed by atoms with Gasteiger partial charge >= 0.3 is 0 Å². The van der Waals surface area contributed by atoms with E-state index in [1.165, 1.54) is 64.2 Å². The Morgan fingerprint density at radius 3 is 1.56 bits per heavy atom. The first-order valence-corrected chi connectivity index (χ1v) is 7.78. The molecule has 0 amide bonds. The minimum Gasteiger partial charge on any atom is -0.0654 e. The molecule has 0 N–H and O–H groups in total. The maximum Gasteiger partial charge on any atom is -0.0417 e. The molecule has 0 aliphatic heterocycles. The van der Waals surface area contributed by atoms with Crippen LogP contribution in [0.1, 0.15) is 91.9 Å². The normalized spacial score (nSPS) is 13.3. The van der Waals surface area contributed by atoms with E-state index < -0.39 is 0 Å². The zero-order valence-corrected chi connectivity index (χ0v) is 12.2. The van der Waals surface area contributed by atoms with Gasteiger partial charge in [0, 0.05) is 0 Å². The first-order chi connectivity index (χ1) is 7.78. The van der Waals surface area contributed by atoms with Gasteiger partial charge in [0.05, 0.1) is 0 Å². The van der Waals surface area contributed by atoms with Gasteiger partial charge in [0.2, 0.25) is 0 Å². The van der Waals surface area contributed by atoms with E-state index in [-0.39, 0.29) is 0 Å². The Morgan fingerprint density at radius 2 is 1.06 bits per heavy atom. The van der Waals surface area contributed by atoms with Crippen LogP contribution in [0, 0.1) is 11.8 Å². The molecule has 1 unspecified atom stereocenters. The molecule has 0 aromatic carbocycles. The van der Waals surface area contributed by atoms with Gasteiger partial charge in [-0.05, 0) is 11.8 Å². The molecule has 0 heterocycles. The Hall–Kier alpha value is 0. The first-order valence-electron chi connectivity index (χ1n) is 7.78. The molecule has 0 aromatic heterocycles. The molecule has 0 radical (unpaired) electrons. The Balaban J connectivity index is 3.53. The van der Waals surface area contributed by atoms with Crippen molar-refractivity contribution in [2.75, 3.05) is 0 Å². The van der Waals surface area contributed by atoms with Crippen molar-refractivity contribution in [3.8, 4) is 0 Å². The van der Waals surface area contributed by atoms with E-state index in [0.717, 1.165) is 11.8 Å². The second-order valence-electron chi connectivity index (χ2n) is 5.38. The monoisotopic (exact) mass is 226 g/mol. The van der Waals surface area contributed by atoms with Crippen molar-refractivity contribution in [1.82, 2.24) is 0 Å².